The molecule has 0 aliphatic rings. The Morgan fingerprint density at radius 2 is 0.964 bits per heavy atom. The minimum atomic E-state index is 0.629. The van der Waals surface area contributed by atoms with Crippen molar-refractivity contribution < 1.29 is 0 Å². The van der Waals surface area contributed by atoms with E-state index in [9.17, 15) is 0 Å². The predicted octanol–water partition coefficient (Wildman–Crippen LogP) is 13.2. The van der Waals surface area contributed by atoms with Crippen LogP contribution in [0.15, 0.2) is 176 Å². The molecule has 0 fully saturated rings. The largest absolute Gasteiger partial charge is 0.291 e. The third kappa shape index (κ3) is 4.86. The smallest absolute Gasteiger partial charge is 0.164 e. The maximum absolute atomic E-state index is 5.36. The monoisotopic (exact) mass is 731 g/mol. The van der Waals surface area contributed by atoms with Crippen molar-refractivity contribution in [2.75, 3.05) is 0 Å². The number of aromatic nitrogens is 5. The van der Waals surface area contributed by atoms with E-state index >= 15 is 0 Å². The minimum Gasteiger partial charge on any atom is -0.291 e. The van der Waals surface area contributed by atoms with Gasteiger partial charge in [-0.3, -0.25) is 4.40 Å². The van der Waals surface area contributed by atoms with Crippen LogP contribution in [-0.2, 0) is 0 Å². The molecule has 8 aromatic carbocycles. The maximum Gasteiger partial charge on any atom is 0.164 e. The molecule has 12 rings (SSSR count). The number of nitrogens with zero attached hydrogens (tertiary/aromatic N) is 5. The summed E-state index contributed by atoms with van der Waals surface area (Å²) in [5.41, 5.74) is 8.03. The van der Waals surface area contributed by atoms with E-state index < -0.39 is 0 Å². The van der Waals surface area contributed by atoms with E-state index in [1.807, 2.05) is 41.7 Å². The van der Waals surface area contributed by atoms with Crippen LogP contribution in [0.5, 0.6) is 0 Å². The average Bonchev–Trinajstić information content (AvgIpc) is 3.84. The van der Waals surface area contributed by atoms with Gasteiger partial charge in [-0.1, -0.05) is 146 Å². The molecule has 0 unspecified atom stereocenters. The Labute approximate surface area is 324 Å². The van der Waals surface area contributed by atoms with Gasteiger partial charge in [-0.25, -0.2) is 19.9 Å². The second kappa shape index (κ2) is 12.1. The van der Waals surface area contributed by atoms with Crippen molar-refractivity contribution in [1.82, 2.24) is 24.3 Å². The van der Waals surface area contributed by atoms with Crippen LogP contribution < -0.4 is 0 Å². The molecule has 4 heterocycles. The molecule has 260 valence electrons. The second-order valence-corrected chi connectivity index (χ2v) is 15.4. The van der Waals surface area contributed by atoms with Gasteiger partial charge in [-0.05, 0) is 68.2 Å². The highest BCUT2D eigenvalue weighted by Gasteiger charge is 2.20. The number of benzene rings is 8. The standard InChI is InChI=1S/C50H29N5S/c1-2-12-33(13-3-1)47-52-48(54-49(53-47)38-23-18-30-10-4-5-14-35(30)26-38)34-21-19-32(20-22-34)42-29-40-45-39-17-9-8-11-31(39)24-25-44(45)56-46(40)50-51-41-27-36-15-6-7-16-37(36)28-43(41)55(42)50/h1-29H. The van der Waals surface area contributed by atoms with Crippen LogP contribution in [0.1, 0.15) is 0 Å². The van der Waals surface area contributed by atoms with Crippen molar-refractivity contribution in [2.24, 2.45) is 0 Å². The molecule has 6 heteroatoms. The number of hydrogen-bond donors (Lipinski definition) is 0. The fourth-order valence-corrected chi connectivity index (χ4v) is 9.42. The first-order valence-electron chi connectivity index (χ1n) is 18.7. The van der Waals surface area contributed by atoms with Crippen molar-refractivity contribution in [3.05, 3.63) is 176 Å². The zero-order chi connectivity index (χ0) is 36.7. The Bertz CT molecular complexity index is 3530. The molecule has 0 radical (unpaired) electrons. The normalized spacial score (nSPS) is 11.9. The lowest BCUT2D eigenvalue weighted by Gasteiger charge is -2.11. The van der Waals surface area contributed by atoms with Gasteiger partial charge >= 0.3 is 0 Å². The molecule has 0 aliphatic carbocycles. The number of rotatable bonds is 4. The molecule has 4 aromatic heterocycles. The lowest BCUT2D eigenvalue weighted by atomic mass is 10.0. The van der Waals surface area contributed by atoms with E-state index in [0.717, 1.165) is 50.0 Å². The van der Waals surface area contributed by atoms with Gasteiger partial charge in [0.25, 0.3) is 0 Å². The summed E-state index contributed by atoms with van der Waals surface area (Å²) in [6, 6.07) is 62.1. The van der Waals surface area contributed by atoms with Crippen molar-refractivity contribution in [2.45, 2.75) is 0 Å². The van der Waals surface area contributed by atoms with Crippen LogP contribution in [0, 0.1) is 0 Å². The molecular weight excluding hydrogens is 703 g/mol. The highest BCUT2D eigenvalue weighted by molar-refractivity contribution is 7.26. The fourth-order valence-electron chi connectivity index (χ4n) is 8.24. The molecule has 0 spiro atoms. The van der Waals surface area contributed by atoms with Crippen LogP contribution in [-0.4, -0.2) is 24.3 Å². The van der Waals surface area contributed by atoms with E-state index in [4.69, 9.17) is 19.9 Å². The number of hydrogen-bond acceptors (Lipinski definition) is 5. The highest BCUT2D eigenvalue weighted by Crippen LogP contribution is 2.43. The summed E-state index contributed by atoms with van der Waals surface area (Å²) in [6.45, 7) is 0. The van der Waals surface area contributed by atoms with Gasteiger partial charge < -0.3 is 0 Å². The Balaban J connectivity index is 1.07. The van der Waals surface area contributed by atoms with Crippen LogP contribution in [0.25, 0.3) is 115 Å². The first kappa shape index (κ1) is 31.1. The van der Waals surface area contributed by atoms with Gasteiger partial charge in [0.2, 0.25) is 0 Å². The maximum atomic E-state index is 5.36. The van der Waals surface area contributed by atoms with Gasteiger partial charge in [-0.15, -0.1) is 11.3 Å². The van der Waals surface area contributed by atoms with Crippen molar-refractivity contribution in [1.29, 1.82) is 0 Å². The quantitative estimate of drug-likeness (QED) is 0.181. The summed E-state index contributed by atoms with van der Waals surface area (Å²) in [7, 11) is 0. The van der Waals surface area contributed by atoms with Crippen LogP contribution in [0.2, 0.25) is 0 Å². The summed E-state index contributed by atoms with van der Waals surface area (Å²) < 4.78 is 4.80. The van der Waals surface area contributed by atoms with Crippen LogP contribution in [0.3, 0.4) is 0 Å². The molecule has 0 saturated carbocycles. The zero-order valence-corrected chi connectivity index (χ0v) is 30.7. The lowest BCUT2D eigenvalue weighted by molar-refractivity contribution is 1.07. The summed E-state index contributed by atoms with van der Waals surface area (Å²) in [6.07, 6.45) is 0. The average molecular weight is 732 g/mol. The SMILES string of the molecule is c1ccc(-c2nc(-c3ccc(-c4cc5c(sc6ccc7ccccc7c65)c5nc6cc7ccccc7cc6n45)cc3)nc(-c3ccc4ccccc4c3)n2)cc1. The van der Waals surface area contributed by atoms with E-state index in [-0.39, 0.29) is 0 Å². The third-order valence-electron chi connectivity index (χ3n) is 11.0. The predicted molar refractivity (Wildman–Crippen MR) is 233 cm³/mol. The molecule has 5 nitrogen and oxygen atoms in total. The zero-order valence-electron chi connectivity index (χ0n) is 29.9. The molecule has 0 aliphatic heterocycles. The summed E-state index contributed by atoms with van der Waals surface area (Å²) in [4.78, 5) is 20.5. The number of thiophene rings is 1. The fraction of sp³-hybridized carbons (Fsp3) is 0. The van der Waals surface area contributed by atoms with E-state index in [1.54, 1.807) is 0 Å². The Morgan fingerprint density at radius 3 is 1.73 bits per heavy atom. The van der Waals surface area contributed by atoms with Crippen LogP contribution in [0.4, 0.5) is 0 Å². The first-order chi connectivity index (χ1) is 27.7. The summed E-state index contributed by atoms with van der Waals surface area (Å²) in [5.74, 6) is 1.91. The number of pyridine rings is 1. The van der Waals surface area contributed by atoms with Gasteiger partial charge in [-0.2, -0.15) is 0 Å². The highest BCUT2D eigenvalue weighted by atomic mass is 32.1. The molecule has 0 amide bonds. The molecular formula is C50H29N5S. The van der Waals surface area contributed by atoms with Gasteiger partial charge in [0.15, 0.2) is 23.1 Å². The number of fused-ring (bicyclic) bond motifs is 11. The van der Waals surface area contributed by atoms with E-state index in [1.165, 1.54) is 47.1 Å². The molecule has 0 N–H and O–H groups in total. The van der Waals surface area contributed by atoms with Crippen molar-refractivity contribution >= 4 is 80.5 Å². The third-order valence-corrected chi connectivity index (χ3v) is 12.1. The van der Waals surface area contributed by atoms with Crippen molar-refractivity contribution in [3.63, 3.8) is 0 Å². The summed E-state index contributed by atoms with van der Waals surface area (Å²) in [5, 5.41) is 9.70. The first-order valence-corrected chi connectivity index (χ1v) is 19.5. The lowest BCUT2D eigenvalue weighted by Crippen LogP contribution is -2.00. The Hall–Kier alpha value is -7.28. The molecule has 12 aromatic rings. The molecule has 56 heavy (non-hydrogen) atoms. The summed E-state index contributed by atoms with van der Waals surface area (Å²) >= 11 is 1.82. The topological polar surface area (TPSA) is 56.0 Å². The Kier molecular flexibility index (Phi) is 6.73. The minimum absolute atomic E-state index is 0.629. The van der Waals surface area contributed by atoms with Crippen LogP contribution >= 0.6 is 11.3 Å². The second-order valence-electron chi connectivity index (χ2n) is 14.3. The van der Waals surface area contributed by atoms with E-state index in [2.05, 4.69) is 150 Å². The number of imidazole rings is 1. The molecule has 0 saturated heterocycles. The Morgan fingerprint density at radius 1 is 0.393 bits per heavy atom. The van der Waals surface area contributed by atoms with Gasteiger partial charge in [0.1, 0.15) is 0 Å². The van der Waals surface area contributed by atoms with Gasteiger partial charge in [0.05, 0.1) is 21.4 Å². The van der Waals surface area contributed by atoms with Crippen molar-refractivity contribution in [3.8, 4) is 45.4 Å². The van der Waals surface area contributed by atoms with Gasteiger partial charge in [0, 0.05) is 32.2 Å². The molecule has 0 bridgehead atoms. The molecule has 0 atom stereocenters. The van der Waals surface area contributed by atoms with E-state index in [0.29, 0.717) is 17.5 Å².